The molecule has 1 atom stereocenters. The number of ether oxygens (including phenoxy) is 1. The van der Waals surface area contributed by atoms with Gasteiger partial charge in [0.15, 0.2) is 6.29 Å². The van der Waals surface area contributed by atoms with Crippen LogP contribution in [0.2, 0.25) is 0 Å². The van der Waals surface area contributed by atoms with E-state index in [4.69, 9.17) is 4.74 Å². The van der Waals surface area contributed by atoms with E-state index in [2.05, 4.69) is 0 Å². The summed E-state index contributed by atoms with van der Waals surface area (Å²) in [6.45, 7) is 0. The summed E-state index contributed by atoms with van der Waals surface area (Å²) in [6, 6.07) is 0. The van der Waals surface area contributed by atoms with Crippen LogP contribution in [-0.4, -0.2) is 11.9 Å². The van der Waals surface area contributed by atoms with Crippen molar-refractivity contribution in [2.75, 3.05) is 0 Å². The van der Waals surface area contributed by atoms with Gasteiger partial charge in [-0.05, 0) is 19.3 Å². The van der Waals surface area contributed by atoms with E-state index in [9.17, 15) is 5.11 Å². The molecule has 1 aliphatic carbocycles. The Morgan fingerprint density at radius 2 is 2.12 bits per heavy atom. The summed E-state index contributed by atoms with van der Waals surface area (Å²) >= 11 is 0. The van der Waals surface area contributed by atoms with E-state index in [-0.39, 0.29) is 5.60 Å². The average molecular weight is 113 g/mol. The summed E-state index contributed by atoms with van der Waals surface area (Å²) in [5, 5.41) is 10.6. The van der Waals surface area contributed by atoms with E-state index in [0.717, 1.165) is 25.7 Å². The van der Waals surface area contributed by atoms with Crippen molar-refractivity contribution in [3.05, 3.63) is 0 Å². The standard InChI is InChI=1S/C6H9O2/c7-5-1-2-6(8-5)3-4-6/h5H,1-4H2. The summed E-state index contributed by atoms with van der Waals surface area (Å²) in [5.74, 6) is 0. The van der Waals surface area contributed by atoms with Gasteiger partial charge < -0.3 is 4.74 Å². The zero-order chi connectivity index (χ0) is 5.61. The number of rotatable bonds is 0. The molecule has 1 heterocycles. The lowest BCUT2D eigenvalue weighted by atomic mass is 10.2. The summed E-state index contributed by atoms with van der Waals surface area (Å²) in [4.78, 5) is 0. The zero-order valence-corrected chi connectivity index (χ0v) is 4.72. The van der Waals surface area contributed by atoms with Crippen LogP contribution in [-0.2, 0) is 9.84 Å². The topological polar surface area (TPSA) is 29.1 Å². The first-order valence-corrected chi connectivity index (χ1v) is 3.14. The molecule has 2 fully saturated rings. The lowest BCUT2D eigenvalue weighted by Crippen LogP contribution is -2.08. The maximum Gasteiger partial charge on any atom is 0.192 e. The monoisotopic (exact) mass is 113 g/mol. The Hall–Kier alpha value is -0.0800. The van der Waals surface area contributed by atoms with Crippen molar-refractivity contribution in [3.63, 3.8) is 0 Å². The highest BCUT2D eigenvalue weighted by atomic mass is 16.6. The van der Waals surface area contributed by atoms with Gasteiger partial charge in [0.1, 0.15) is 0 Å². The Balaban J connectivity index is 2.03. The van der Waals surface area contributed by atoms with Crippen LogP contribution in [0.4, 0.5) is 0 Å². The van der Waals surface area contributed by atoms with Gasteiger partial charge in [0.2, 0.25) is 0 Å². The van der Waals surface area contributed by atoms with Crippen LogP contribution in [0.15, 0.2) is 0 Å². The van der Waals surface area contributed by atoms with Crippen molar-refractivity contribution in [1.82, 2.24) is 0 Å². The Kier molecular flexibility index (Phi) is 0.746. The minimum atomic E-state index is -0.697. The van der Waals surface area contributed by atoms with Gasteiger partial charge in [0.05, 0.1) is 5.60 Å². The highest BCUT2D eigenvalue weighted by molar-refractivity contribution is 4.98. The molecule has 0 aromatic carbocycles. The fourth-order valence-corrected chi connectivity index (χ4v) is 1.28. The first-order valence-electron chi connectivity index (χ1n) is 3.14. The second-order valence-electron chi connectivity index (χ2n) is 2.77. The van der Waals surface area contributed by atoms with Gasteiger partial charge >= 0.3 is 0 Å². The second-order valence-corrected chi connectivity index (χ2v) is 2.77. The van der Waals surface area contributed by atoms with Gasteiger partial charge in [0, 0.05) is 6.42 Å². The molecule has 0 bridgehead atoms. The Morgan fingerprint density at radius 1 is 1.38 bits per heavy atom. The van der Waals surface area contributed by atoms with Crippen LogP contribution >= 0.6 is 0 Å². The minimum absolute atomic E-state index is 0.104. The molecule has 2 rings (SSSR count). The average Bonchev–Trinajstić information content (AvgIpc) is 2.34. The largest absolute Gasteiger partial charge is 0.343 e. The van der Waals surface area contributed by atoms with Crippen molar-refractivity contribution >= 4 is 0 Å². The van der Waals surface area contributed by atoms with Gasteiger partial charge in [0.25, 0.3) is 0 Å². The highest BCUT2D eigenvalue weighted by Gasteiger charge is 2.49. The highest BCUT2D eigenvalue weighted by Crippen LogP contribution is 2.48. The molecule has 1 saturated carbocycles. The van der Waals surface area contributed by atoms with Crippen LogP contribution in [0.25, 0.3) is 0 Å². The smallest absolute Gasteiger partial charge is 0.192 e. The molecule has 0 amide bonds. The maximum atomic E-state index is 10.6. The van der Waals surface area contributed by atoms with E-state index in [1.54, 1.807) is 0 Å². The third-order valence-corrected chi connectivity index (χ3v) is 2.02. The molecule has 8 heavy (non-hydrogen) atoms. The number of hydrogen-bond donors (Lipinski definition) is 0. The summed E-state index contributed by atoms with van der Waals surface area (Å²) < 4.78 is 5.10. The molecule has 2 heteroatoms. The van der Waals surface area contributed by atoms with Crippen molar-refractivity contribution in [3.8, 4) is 0 Å². The van der Waals surface area contributed by atoms with Crippen LogP contribution in [0, 0.1) is 0 Å². The molecule has 2 aliphatic rings. The quantitative estimate of drug-likeness (QED) is 0.462. The lowest BCUT2D eigenvalue weighted by Gasteiger charge is -2.02. The Bertz CT molecular complexity index is 107. The SMILES string of the molecule is [O]C1CCC2(CC2)O1. The fraction of sp³-hybridized carbons (Fsp3) is 1.00. The molecule has 1 unspecified atom stereocenters. The molecular formula is C6H9O2. The fourth-order valence-electron chi connectivity index (χ4n) is 1.28. The van der Waals surface area contributed by atoms with E-state index in [0.29, 0.717) is 0 Å². The molecule has 1 spiro atoms. The van der Waals surface area contributed by atoms with E-state index >= 15 is 0 Å². The summed E-state index contributed by atoms with van der Waals surface area (Å²) in [6.07, 6.45) is 3.32. The van der Waals surface area contributed by atoms with Crippen LogP contribution in [0.5, 0.6) is 0 Å². The number of hydrogen-bond acceptors (Lipinski definition) is 1. The Labute approximate surface area is 48.5 Å². The van der Waals surface area contributed by atoms with Gasteiger partial charge in [-0.2, -0.15) is 0 Å². The van der Waals surface area contributed by atoms with Crippen molar-refractivity contribution in [2.24, 2.45) is 0 Å². The molecule has 2 nitrogen and oxygen atoms in total. The third-order valence-electron chi connectivity index (χ3n) is 2.02. The molecule has 1 aliphatic heterocycles. The van der Waals surface area contributed by atoms with Crippen LogP contribution in [0.1, 0.15) is 25.7 Å². The van der Waals surface area contributed by atoms with Crippen LogP contribution in [0.3, 0.4) is 0 Å². The van der Waals surface area contributed by atoms with E-state index in [1.165, 1.54) is 0 Å². The zero-order valence-electron chi connectivity index (χ0n) is 4.72. The van der Waals surface area contributed by atoms with Crippen molar-refractivity contribution in [1.29, 1.82) is 0 Å². The molecule has 0 aromatic rings. The van der Waals surface area contributed by atoms with Crippen molar-refractivity contribution < 1.29 is 9.84 Å². The first-order chi connectivity index (χ1) is 3.81. The van der Waals surface area contributed by atoms with Crippen LogP contribution < -0.4 is 0 Å². The van der Waals surface area contributed by atoms with Gasteiger partial charge in [-0.15, -0.1) is 0 Å². The summed E-state index contributed by atoms with van der Waals surface area (Å²) in [5.41, 5.74) is 0.104. The molecule has 45 valence electrons. The molecular weight excluding hydrogens is 104 g/mol. The molecule has 0 aromatic heterocycles. The first kappa shape index (κ1) is 4.77. The third kappa shape index (κ3) is 0.565. The minimum Gasteiger partial charge on any atom is -0.343 e. The normalized spacial score (nSPS) is 40.9. The maximum absolute atomic E-state index is 10.6. The second kappa shape index (κ2) is 1.25. The van der Waals surface area contributed by atoms with Gasteiger partial charge in [-0.1, -0.05) is 0 Å². The van der Waals surface area contributed by atoms with E-state index in [1.807, 2.05) is 0 Å². The van der Waals surface area contributed by atoms with Crippen molar-refractivity contribution in [2.45, 2.75) is 37.6 Å². The van der Waals surface area contributed by atoms with Gasteiger partial charge in [-0.25, -0.2) is 5.11 Å². The summed E-state index contributed by atoms with van der Waals surface area (Å²) in [7, 11) is 0. The van der Waals surface area contributed by atoms with Gasteiger partial charge in [-0.3, -0.25) is 0 Å². The molecule has 1 radical (unpaired) electrons. The Morgan fingerprint density at radius 3 is 2.38 bits per heavy atom. The predicted molar refractivity (Wildman–Crippen MR) is 26.8 cm³/mol. The lowest BCUT2D eigenvalue weighted by molar-refractivity contribution is -0.137. The predicted octanol–water partition coefficient (Wildman–Crippen LogP) is 1.09. The molecule has 0 N–H and O–H groups in total. The van der Waals surface area contributed by atoms with E-state index < -0.39 is 6.29 Å². The molecule has 1 saturated heterocycles.